The third-order valence-corrected chi connectivity index (χ3v) is 10.6. The van der Waals surface area contributed by atoms with E-state index in [9.17, 15) is 4.79 Å². The second-order valence-electron chi connectivity index (χ2n) is 13.1. The summed E-state index contributed by atoms with van der Waals surface area (Å²) in [6.07, 6.45) is 8.53. The molecule has 7 rings (SSSR count). The summed E-state index contributed by atoms with van der Waals surface area (Å²) in [6, 6.07) is 13.1. The summed E-state index contributed by atoms with van der Waals surface area (Å²) in [5.74, 6) is 1.56. The number of ether oxygens (including phenoxy) is 1. The van der Waals surface area contributed by atoms with Gasteiger partial charge in [-0.2, -0.15) is 0 Å². The molecule has 254 valence electrons. The number of amides is 1. The molecule has 2 N–H and O–H groups in total. The first-order valence-corrected chi connectivity index (χ1v) is 17.4. The quantitative estimate of drug-likeness (QED) is 0.252. The zero-order valence-corrected chi connectivity index (χ0v) is 28.6. The number of hydroxylamine groups is 1. The maximum absolute atomic E-state index is 12.6. The summed E-state index contributed by atoms with van der Waals surface area (Å²) in [7, 11) is 1.65. The van der Waals surface area contributed by atoms with Gasteiger partial charge in [-0.15, -0.1) is 0 Å². The first-order chi connectivity index (χ1) is 23.4. The van der Waals surface area contributed by atoms with Crippen LogP contribution in [0.3, 0.4) is 0 Å². The molecule has 1 aliphatic carbocycles. The minimum Gasteiger partial charge on any atom is -0.494 e. The van der Waals surface area contributed by atoms with E-state index in [-0.39, 0.29) is 11.9 Å². The van der Waals surface area contributed by atoms with E-state index in [0.29, 0.717) is 41.4 Å². The van der Waals surface area contributed by atoms with Crippen molar-refractivity contribution in [3.63, 3.8) is 0 Å². The lowest BCUT2D eigenvalue weighted by atomic mass is 9.99. The van der Waals surface area contributed by atoms with Crippen LogP contribution in [0.4, 0.5) is 28.7 Å². The van der Waals surface area contributed by atoms with Crippen molar-refractivity contribution in [1.82, 2.24) is 19.8 Å². The van der Waals surface area contributed by atoms with Gasteiger partial charge in [0.2, 0.25) is 5.91 Å². The van der Waals surface area contributed by atoms with E-state index in [1.165, 1.54) is 38.3 Å². The molecule has 48 heavy (non-hydrogen) atoms. The molecule has 1 atom stereocenters. The third kappa shape index (κ3) is 6.96. The van der Waals surface area contributed by atoms with Gasteiger partial charge in [0.1, 0.15) is 17.9 Å². The standard InChI is InChI=1S/C36H45ClN8O3/c1-4-36(46)41-29-20-30(40-34-22-35(39-23-38-34)45-31(12-19-48-45)27-6-5-7-28(37)24(27)2)33(47-3)21-32(29)44-13-10-26(11-14-44)43-17-15-42(16-18-43)25-8-9-25/h4-7,20-23,25-26,31H,1,8-19H2,2-3H3,(H,41,46)(H,38,39,40). The number of hydrogen-bond acceptors (Lipinski definition) is 10. The number of piperazine rings is 1. The lowest BCUT2D eigenvalue weighted by molar-refractivity contribution is -0.111. The number of aromatic nitrogens is 2. The maximum atomic E-state index is 12.6. The lowest BCUT2D eigenvalue weighted by Crippen LogP contribution is -2.53. The highest BCUT2D eigenvalue weighted by molar-refractivity contribution is 6.31. The Morgan fingerprint density at radius 1 is 0.979 bits per heavy atom. The van der Waals surface area contributed by atoms with Crippen LogP contribution < -0.4 is 25.3 Å². The molecule has 1 unspecified atom stereocenters. The number of methoxy groups -OCH3 is 1. The van der Waals surface area contributed by atoms with Crippen LogP contribution >= 0.6 is 11.6 Å². The van der Waals surface area contributed by atoms with Crippen LogP contribution in [0.5, 0.6) is 5.75 Å². The molecule has 4 fully saturated rings. The van der Waals surface area contributed by atoms with Crippen molar-refractivity contribution in [3.05, 3.63) is 71.5 Å². The van der Waals surface area contributed by atoms with Gasteiger partial charge in [-0.25, -0.2) is 15.0 Å². The zero-order valence-electron chi connectivity index (χ0n) is 27.8. The van der Waals surface area contributed by atoms with Gasteiger partial charge in [0.05, 0.1) is 36.8 Å². The SMILES string of the molecule is C=CC(=O)Nc1cc(Nc2cc(N3OCCC3c3cccc(Cl)c3C)ncn2)c(OC)cc1N1CCC(N2CCN(C3CC3)CC2)CC1. The summed E-state index contributed by atoms with van der Waals surface area (Å²) >= 11 is 6.45. The Morgan fingerprint density at radius 2 is 1.71 bits per heavy atom. The molecular weight excluding hydrogens is 628 g/mol. The van der Waals surface area contributed by atoms with Crippen LogP contribution in [-0.4, -0.2) is 90.7 Å². The Kier molecular flexibility index (Phi) is 9.72. The van der Waals surface area contributed by atoms with Gasteiger partial charge < -0.3 is 20.3 Å². The van der Waals surface area contributed by atoms with E-state index in [1.807, 2.05) is 42.3 Å². The predicted molar refractivity (Wildman–Crippen MR) is 191 cm³/mol. The Morgan fingerprint density at radius 3 is 2.40 bits per heavy atom. The second-order valence-corrected chi connectivity index (χ2v) is 13.5. The highest BCUT2D eigenvalue weighted by atomic mass is 35.5. The Balaban J connectivity index is 1.09. The molecule has 4 aliphatic rings. The lowest BCUT2D eigenvalue weighted by Gasteiger charge is -2.43. The van der Waals surface area contributed by atoms with Gasteiger partial charge in [0, 0.05) is 74.9 Å². The molecule has 11 nitrogen and oxygen atoms in total. The topological polar surface area (TPSA) is 98.3 Å². The summed E-state index contributed by atoms with van der Waals surface area (Å²) in [6.45, 7) is 12.8. The number of benzene rings is 2. The van der Waals surface area contributed by atoms with Crippen molar-refractivity contribution in [2.24, 2.45) is 0 Å². The molecular formula is C36H45ClN8O3. The van der Waals surface area contributed by atoms with Gasteiger partial charge in [0.25, 0.3) is 0 Å². The number of carbonyl (C=O) groups is 1. The minimum atomic E-state index is -0.270. The number of nitrogens with one attached hydrogen (secondary N) is 2. The molecule has 12 heteroatoms. The third-order valence-electron chi connectivity index (χ3n) is 10.2. The van der Waals surface area contributed by atoms with Gasteiger partial charge >= 0.3 is 0 Å². The van der Waals surface area contributed by atoms with Crippen molar-refractivity contribution in [2.45, 2.75) is 57.2 Å². The zero-order chi connectivity index (χ0) is 33.2. The largest absolute Gasteiger partial charge is 0.494 e. The Hall–Kier alpha value is -3.90. The molecule has 0 spiro atoms. The summed E-state index contributed by atoms with van der Waals surface area (Å²) < 4.78 is 5.89. The number of rotatable bonds is 10. The first-order valence-electron chi connectivity index (χ1n) is 17.1. The number of anilines is 5. The van der Waals surface area contributed by atoms with Crippen LogP contribution in [0.15, 0.2) is 55.4 Å². The second kappa shape index (κ2) is 14.3. The van der Waals surface area contributed by atoms with Crippen molar-refractivity contribution < 1.29 is 14.4 Å². The van der Waals surface area contributed by atoms with Crippen molar-refractivity contribution in [1.29, 1.82) is 0 Å². The molecule has 0 bridgehead atoms. The first kappa shape index (κ1) is 32.6. The monoisotopic (exact) mass is 672 g/mol. The molecule has 2 aromatic carbocycles. The summed E-state index contributed by atoms with van der Waals surface area (Å²) in [5.41, 5.74) is 4.42. The average Bonchev–Trinajstić information content (AvgIpc) is 3.86. The van der Waals surface area contributed by atoms with E-state index >= 15 is 0 Å². The van der Waals surface area contributed by atoms with E-state index in [1.54, 1.807) is 7.11 Å². The molecule has 1 amide bonds. The highest BCUT2D eigenvalue weighted by Crippen LogP contribution is 2.41. The van der Waals surface area contributed by atoms with Crippen LogP contribution in [0.1, 0.15) is 49.3 Å². The van der Waals surface area contributed by atoms with Crippen molar-refractivity contribution in [3.8, 4) is 5.75 Å². The van der Waals surface area contributed by atoms with Gasteiger partial charge in [0.15, 0.2) is 5.82 Å². The molecule has 0 radical (unpaired) electrons. The molecule has 3 aliphatic heterocycles. The molecule has 1 aromatic heterocycles. The normalized spacial score (nSPS) is 20.9. The molecule has 1 saturated carbocycles. The summed E-state index contributed by atoms with van der Waals surface area (Å²) in [4.78, 5) is 35.4. The smallest absolute Gasteiger partial charge is 0.247 e. The average molecular weight is 673 g/mol. The highest BCUT2D eigenvalue weighted by Gasteiger charge is 2.34. The fraction of sp³-hybridized carbons (Fsp3) is 0.472. The van der Waals surface area contributed by atoms with Crippen LogP contribution in [0.2, 0.25) is 5.02 Å². The van der Waals surface area contributed by atoms with Gasteiger partial charge in [-0.1, -0.05) is 30.3 Å². The maximum Gasteiger partial charge on any atom is 0.247 e. The molecule has 3 aromatic rings. The van der Waals surface area contributed by atoms with Gasteiger partial charge in [-0.3, -0.25) is 19.4 Å². The minimum absolute atomic E-state index is 0.0301. The van der Waals surface area contributed by atoms with E-state index in [4.69, 9.17) is 21.2 Å². The Bertz CT molecular complexity index is 1640. The molecule has 4 heterocycles. The number of hydrogen-bond donors (Lipinski definition) is 2. The van der Waals surface area contributed by atoms with E-state index in [0.717, 1.165) is 73.3 Å². The fourth-order valence-electron chi connectivity index (χ4n) is 7.40. The van der Waals surface area contributed by atoms with Crippen LogP contribution in [-0.2, 0) is 9.63 Å². The van der Waals surface area contributed by atoms with Crippen molar-refractivity contribution >= 4 is 46.2 Å². The fourth-order valence-corrected chi connectivity index (χ4v) is 7.58. The summed E-state index contributed by atoms with van der Waals surface area (Å²) in [5, 5.41) is 9.00. The number of nitrogens with zero attached hydrogens (tertiary/aromatic N) is 6. The van der Waals surface area contributed by atoms with Crippen LogP contribution in [0.25, 0.3) is 0 Å². The Labute approximate surface area is 287 Å². The number of halogens is 1. The predicted octanol–water partition coefficient (Wildman–Crippen LogP) is 5.95. The number of piperidine rings is 1. The van der Waals surface area contributed by atoms with Gasteiger partial charge in [-0.05, 0) is 61.9 Å². The molecule has 3 saturated heterocycles. The van der Waals surface area contributed by atoms with E-state index < -0.39 is 0 Å². The van der Waals surface area contributed by atoms with E-state index in [2.05, 4.69) is 47.9 Å². The van der Waals surface area contributed by atoms with Crippen molar-refractivity contribution in [2.75, 3.05) is 73.6 Å². The number of carbonyl (C=O) groups excluding carboxylic acids is 1. The van der Waals surface area contributed by atoms with Crippen LogP contribution in [0, 0.1) is 6.92 Å².